The molecular weight excluding hydrogens is 398 g/mol. The molecule has 1 heterocycles. The van der Waals surface area contributed by atoms with Crippen molar-refractivity contribution in [3.8, 4) is 17.2 Å². The van der Waals surface area contributed by atoms with Crippen LogP contribution in [0.5, 0.6) is 5.75 Å². The number of aromatic nitrogens is 1. The number of hydrogen-bond donors (Lipinski definition) is 2. The average molecular weight is 417 g/mol. The third-order valence-electron chi connectivity index (χ3n) is 4.32. The van der Waals surface area contributed by atoms with Gasteiger partial charge in [-0.25, -0.2) is 4.98 Å². The van der Waals surface area contributed by atoms with Crippen molar-refractivity contribution < 1.29 is 13.9 Å². The minimum atomic E-state index is -0.308. The van der Waals surface area contributed by atoms with Gasteiger partial charge in [0, 0.05) is 16.8 Å². The van der Waals surface area contributed by atoms with Crippen LogP contribution in [0.4, 0.5) is 5.69 Å². The monoisotopic (exact) mass is 417 g/mol. The van der Waals surface area contributed by atoms with Crippen LogP contribution in [0.2, 0.25) is 0 Å². The molecule has 30 heavy (non-hydrogen) atoms. The Balaban J connectivity index is 1.40. The summed E-state index contributed by atoms with van der Waals surface area (Å²) in [4.78, 5) is 16.9. The zero-order chi connectivity index (χ0) is 20.9. The minimum absolute atomic E-state index is 0.205. The molecule has 0 aliphatic carbocycles. The van der Waals surface area contributed by atoms with Crippen molar-refractivity contribution in [2.75, 3.05) is 11.9 Å². The van der Waals surface area contributed by atoms with E-state index in [1.807, 2.05) is 55.5 Å². The van der Waals surface area contributed by atoms with Gasteiger partial charge in [-0.15, -0.1) is 0 Å². The first-order chi connectivity index (χ1) is 14.6. The predicted octanol–water partition coefficient (Wildman–Crippen LogP) is 5.02. The second-order valence-corrected chi connectivity index (χ2v) is 6.84. The van der Waals surface area contributed by atoms with Gasteiger partial charge in [0.15, 0.2) is 10.7 Å². The largest absolute Gasteiger partial charge is 0.494 e. The molecular formula is C23H19N3O3S. The molecule has 1 aromatic heterocycles. The fourth-order valence-corrected chi connectivity index (χ4v) is 3.13. The van der Waals surface area contributed by atoms with Crippen molar-refractivity contribution in [3.63, 3.8) is 0 Å². The van der Waals surface area contributed by atoms with E-state index in [1.165, 1.54) is 0 Å². The molecule has 0 radical (unpaired) electrons. The molecule has 4 aromatic rings. The molecule has 6 nitrogen and oxygen atoms in total. The Morgan fingerprint density at radius 2 is 1.87 bits per heavy atom. The molecule has 0 fully saturated rings. The van der Waals surface area contributed by atoms with Crippen molar-refractivity contribution in [1.82, 2.24) is 10.3 Å². The molecule has 7 heteroatoms. The van der Waals surface area contributed by atoms with Gasteiger partial charge in [-0.3, -0.25) is 10.1 Å². The zero-order valence-electron chi connectivity index (χ0n) is 16.2. The number of nitrogens with one attached hydrogen (secondary N) is 2. The average Bonchev–Trinajstić information content (AvgIpc) is 3.19. The van der Waals surface area contributed by atoms with E-state index in [0.717, 1.165) is 22.4 Å². The molecule has 2 N–H and O–H groups in total. The maximum absolute atomic E-state index is 12.4. The van der Waals surface area contributed by atoms with Gasteiger partial charge in [0.05, 0.1) is 6.61 Å². The Hall–Kier alpha value is -3.71. The molecule has 4 rings (SSSR count). The first-order valence-corrected chi connectivity index (χ1v) is 9.84. The van der Waals surface area contributed by atoms with Gasteiger partial charge in [0.1, 0.15) is 11.3 Å². The first-order valence-electron chi connectivity index (χ1n) is 9.43. The fourth-order valence-electron chi connectivity index (χ4n) is 2.92. The van der Waals surface area contributed by atoms with Crippen molar-refractivity contribution in [1.29, 1.82) is 0 Å². The number of carbonyl (C=O) groups is 1. The summed E-state index contributed by atoms with van der Waals surface area (Å²) in [6.45, 7) is 2.42. The van der Waals surface area contributed by atoms with Gasteiger partial charge < -0.3 is 14.5 Å². The Morgan fingerprint density at radius 3 is 2.63 bits per heavy atom. The van der Waals surface area contributed by atoms with Crippen molar-refractivity contribution in [3.05, 3.63) is 78.4 Å². The lowest BCUT2D eigenvalue weighted by Gasteiger charge is -2.10. The number of nitrogens with zero attached hydrogens (tertiary/aromatic N) is 1. The van der Waals surface area contributed by atoms with Crippen LogP contribution in [0.15, 0.2) is 77.2 Å². The van der Waals surface area contributed by atoms with E-state index in [1.54, 1.807) is 24.3 Å². The summed E-state index contributed by atoms with van der Waals surface area (Å²) in [5.74, 6) is 0.878. The van der Waals surface area contributed by atoms with E-state index in [-0.39, 0.29) is 11.0 Å². The van der Waals surface area contributed by atoms with Crippen LogP contribution in [0, 0.1) is 0 Å². The quantitative estimate of drug-likeness (QED) is 0.444. The van der Waals surface area contributed by atoms with E-state index in [9.17, 15) is 4.79 Å². The number of thiocarbonyl (C=S) groups is 1. The SMILES string of the molecule is CCOc1cccc(C(=O)NC(=S)Nc2ccc(-c3nc4ccccc4o3)cc2)c1. The minimum Gasteiger partial charge on any atom is -0.494 e. The smallest absolute Gasteiger partial charge is 0.257 e. The maximum atomic E-state index is 12.4. The summed E-state index contributed by atoms with van der Waals surface area (Å²) < 4.78 is 11.2. The molecule has 0 saturated carbocycles. The highest BCUT2D eigenvalue weighted by Crippen LogP contribution is 2.25. The number of anilines is 1. The number of fused-ring (bicyclic) bond motifs is 1. The van der Waals surface area contributed by atoms with Crippen molar-refractivity contribution in [2.24, 2.45) is 0 Å². The van der Waals surface area contributed by atoms with E-state index in [2.05, 4.69) is 15.6 Å². The van der Waals surface area contributed by atoms with Crippen LogP contribution in [0.25, 0.3) is 22.6 Å². The van der Waals surface area contributed by atoms with Crippen LogP contribution in [-0.2, 0) is 0 Å². The predicted molar refractivity (Wildman–Crippen MR) is 121 cm³/mol. The number of ether oxygens (including phenoxy) is 1. The van der Waals surface area contributed by atoms with Gasteiger partial charge in [0.2, 0.25) is 5.89 Å². The molecule has 1 amide bonds. The van der Waals surface area contributed by atoms with Crippen LogP contribution >= 0.6 is 12.2 Å². The molecule has 0 saturated heterocycles. The fraction of sp³-hybridized carbons (Fsp3) is 0.0870. The van der Waals surface area contributed by atoms with Gasteiger partial charge >= 0.3 is 0 Å². The number of oxazole rings is 1. The number of para-hydroxylation sites is 2. The summed E-state index contributed by atoms with van der Waals surface area (Å²) >= 11 is 5.26. The summed E-state index contributed by atoms with van der Waals surface area (Å²) in [5, 5.41) is 5.88. The third kappa shape index (κ3) is 4.47. The molecule has 0 bridgehead atoms. The lowest BCUT2D eigenvalue weighted by molar-refractivity contribution is 0.0977. The van der Waals surface area contributed by atoms with Crippen LogP contribution < -0.4 is 15.4 Å². The lowest BCUT2D eigenvalue weighted by Crippen LogP contribution is -2.34. The second kappa shape index (κ2) is 8.75. The highest BCUT2D eigenvalue weighted by molar-refractivity contribution is 7.80. The Bertz CT molecular complexity index is 1170. The standard InChI is InChI=1S/C23H19N3O3S/c1-2-28-18-7-5-6-16(14-18)21(27)26-23(30)24-17-12-10-15(11-13-17)22-25-19-8-3-4-9-20(19)29-22/h3-14H,2H2,1H3,(H2,24,26,27,30). The Morgan fingerprint density at radius 1 is 1.07 bits per heavy atom. The number of carbonyl (C=O) groups excluding carboxylic acids is 1. The van der Waals surface area contributed by atoms with E-state index in [0.29, 0.717) is 23.8 Å². The summed E-state index contributed by atoms with van der Waals surface area (Å²) in [7, 11) is 0. The molecule has 0 spiro atoms. The van der Waals surface area contributed by atoms with E-state index < -0.39 is 0 Å². The van der Waals surface area contributed by atoms with Crippen molar-refractivity contribution in [2.45, 2.75) is 6.92 Å². The van der Waals surface area contributed by atoms with E-state index in [4.69, 9.17) is 21.4 Å². The molecule has 0 aliphatic rings. The van der Waals surface area contributed by atoms with E-state index >= 15 is 0 Å². The normalized spacial score (nSPS) is 10.6. The number of benzene rings is 3. The lowest BCUT2D eigenvalue weighted by atomic mass is 10.2. The van der Waals surface area contributed by atoms with Crippen molar-refractivity contribution >= 4 is 40.0 Å². The van der Waals surface area contributed by atoms with Gasteiger partial charge in [-0.2, -0.15) is 0 Å². The van der Waals surface area contributed by atoms with Crippen LogP contribution in [0.3, 0.4) is 0 Å². The molecule has 0 atom stereocenters. The highest BCUT2D eigenvalue weighted by Gasteiger charge is 2.10. The molecule has 150 valence electrons. The second-order valence-electron chi connectivity index (χ2n) is 6.43. The number of amides is 1. The maximum Gasteiger partial charge on any atom is 0.257 e. The molecule has 3 aromatic carbocycles. The topological polar surface area (TPSA) is 76.4 Å². The zero-order valence-corrected chi connectivity index (χ0v) is 17.0. The number of rotatable bonds is 5. The molecule has 0 unspecified atom stereocenters. The summed E-state index contributed by atoms with van der Waals surface area (Å²) in [6, 6.07) is 22.0. The summed E-state index contributed by atoms with van der Waals surface area (Å²) in [5.41, 5.74) is 3.61. The summed E-state index contributed by atoms with van der Waals surface area (Å²) in [6.07, 6.45) is 0. The van der Waals surface area contributed by atoms with Crippen LogP contribution in [0.1, 0.15) is 17.3 Å². The first kappa shape index (κ1) is 19.6. The van der Waals surface area contributed by atoms with Gasteiger partial charge in [0.25, 0.3) is 5.91 Å². The Kier molecular flexibility index (Phi) is 5.72. The van der Waals surface area contributed by atoms with Gasteiger partial charge in [-0.05, 0) is 73.7 Å². The Labute approximate surface area is 178 Å². The highest BCUT2D eigenvalue weighted by atomic mass is 32.1. The third-order valence-corrected chi connectivity index (χ3v) is 4.52. The molecule has 0 aliphatic heterocycles. The number of hydrogen-bond acceptors (Lipinski definition) is 5. The van der Waals surface area contributed by atoms with Crippen LogP contribution in [-0.4, -0.2) is 22.6 Å². The van der Waals surface area contributed by atoms with Gasteiger partial charge in [-0.1, -0.05) is 18.2 Å².